The maximum Gasteiger partial charge on any atom is 0.150 e. The number of allylic oxidation sites excluding steroid dienone is 1. The second-order valence-electron chi connectivity index (χ2n) is 3.11. The van der Waals surface area contributed by atoms with Crippen LogP contribution in [0.2, 0.25) is 0 Å². The van der Waals surface area contributed by atoms with Gasteiger partial charge in [-0.15, -0.1) is 0 Å². The second-order valence-corrected chi connectivity index (χ2v) is 3.91. The van der Waals surface area contributed by atoms with Gasteiger partial charge in [0.05, 0.1) is 0 Å². The molecule has 1 aromatic rings. The minimum atomic E-state index is 0.736. The first kappa shape index (κ1) is 11.2. The Morgan fingerprint density at radius 2 is 2.21 bits per heavy atom. The average molecular weight is 253 g/mol. The van der Waals surface area contributed by atoms with Crippen LogP contribution in [-0.4, -0.2) is 11.6 Å². The standard InChI is InChI=1S/C12H13BrO/c1-10-8-11(9-14)5-6-12(10)4-2-3-7-13/h2,4-6,8-9H,3,7H2,1H3. The molecule has 0 aliphatic rings. The number of aryl methyl sites for hydroxylation is 1. The van der Waals surface area contributed by atoms with E-state index < -0.39 is 0 Å². The molecule has 0 unspecified atom stereocenters. The van der Waals surface area contributed by atoms with Gasteiger partial charge in [0.25, 0.3) is 0 Å². The fourth-order valence-corrected chi connectivity index (χ4v) is 1.50. The van der Waals surface area contributed by atoms with E-state index in [1.807, 2.05) is 25.1 Å². The first-order valence-electron chi connectivity index (χ1n) is 4.56. The van der Waals surface area contributed by atoms with Gasteiger partial charge < -0.3 is 0 Å². The summed E-state index contributed by atoms with van der Waals surface area (Å²) >= 11 is 3.37. The Bertz CT molecular complexity index is 342. The predicted octanol–water partition coefficient (Wildman–Crippen LogP) is 3.61. The minimum Gasteiger partial charge on any atom is -0.298 e. The second kappa shape index (κ2) is 5.76. The molecule has 0 aliphatic heterocycles. The molecular formula is C12H13BrO. The van der Waals surface area contributed by atoms with Crippen molar-refractivity contribution in [3.05, 3.63) is 41.0 Å². The third-order valence-corrected chi connectivity index (χ3v) is 2.46. The van der Waals surface area contributed by atoms with Crippen LogP contribution in [0.15, 0.2) is 24.3 Å². The first-order chi connectivity index (χ1) is 6.77. The highest BCUT2D eigenvalue weighted by Gasteiger charge is 1.95. The molecule has 1 nitrogen and oxygen atoms in total. The Morgan fingerprint density at radius 3 is 2.79 bits per heavy atom. The van der Waals surface area contributed by atoms with Crippen molar-refractivity contribution < 1.29 is 4.79 Å². The third-order valence-electron chi connectivity index (χ3n) is 2.00. The van der Waals surface area contributed by atoms with Crippen LogP contribution >= 0.6 is 15.9 Å². The summed E-state index contributed by atoms with van der Waals surface area (Å²) in [6, 6.07) is 5.72. The number of aldehydes is 1. The van der Waals surface area contributed by atoms with Crippen LogP contribution in [0.4, 0.5) is 0 Å². The zero-order chi connectivity index (χ0) is 10.4. The van der Waals surface area contributed by atoms with E-state index >= 15 is 0 Å². The topological polar surface area (TPSA) is 17.1 Å². The van der Waals surface area contributed by atoms with Crippen molar-refractivity contribution in [2.24, 2.45) is 0 Å². The Hall–Kier alpha value is -0.890. The lowest BCUT2D eigenvalue weighted by molar-refractivity contribution is 0.112. The molecule has 0 atom stereocenters. The van der Waals surface area contributed by atoms with Gasteiger partial charge in [-0.25, -0.2) is 0 Å². The molecule has 1 rings (SSSR count). The highest BCUT2D eigenvalue weighted by molar-refractivity contribution is 9.09. The Morgan fingerprint density at radius 1 is 1.43 bits per heavy atom. The van der Waals surface area contributed by atoms with Crippen LogP contribution in [0.1, 0.15) is 27.9 Å². The third kappa shape index (κ3) is 3.11. The smallest absolute Gasteiger partial charge is 0.150 e. The van der Waals surface area contributed by atoms with E-state index in [1.165, 1.54) is 5.56 Å². The Balaban J connectivity index is 2.83. The normalized spacial score (nSPS) is 10.7. The van der Waals surface area contributed by atoms with Gasteiger partial charge in [-0.1, -0.05) is 40.2 Å². The largest absolute Gasteiger partial charge is 0.298 e. The van der Waals surface area contributed by atoms with E-state index in [1.54, 1.807) is 0 Å². The molecule has 0 bridgehead atoms. The van der Waals surface area contributed by atoms with Crippen LogP contribution in [0.5, 0.6) is 0 Å². The van der Waals surface area contributed by atoms with E-state index in [0.29, 0.717) is 0 Å². The molecule has 74 valence electrons. The summed E-state index contributed by atoms with van der Waals surface area (Å²) in [4.78, 5) is 10.5. The lowest BCUT2D eigenvalue weighted by Crippen LogP contribution is -1.85. The molecule has 14 heavy (non-hydrogen) atoms. The van der Waals surface area contributed by atoms with Crippen molar-refractivity contribution in [1.29, 1.82) is 0 Å². The molecular weight excluding hydrogens is 240 g/mol. The quantitative estimate of drug-likeness (QED) is 0.591. The summed E-state index contributed by atoms with van der Waals surface area (Å²) in [6.45, 7) is 2.01. The van der Waals surface area contributed by atoms with Crippen molar-refractivity contribution in [3.63, 3.8) is 0 Å². The van der Waals surface area contributed by atoms with Crippen molar-refractivity contribution in [2.45, 2.75) is 13.3 Å². The lowest BCUT2D eigenvalue weighted by Gasteiger charge is -2.00. The number of hydrogen-bond acceptors (Lipinski definition) is 1. The molecule has 0 spiro atoms. The summed E-state index contributed by atoms with van der Waals surface area (Å²) < 4.78 is 0. The number of carbonyl (C=O) groups is 1. The monoisotopic (exact) mass is 252 g/mol. The predicted molar refractivity (Wildman–Crippen MR) is 64.0 cm³/mol. The van der Waals surface area contributed by atoms with E-state index in [4.69, 9.17) is 0 Å². The maximum absolute atomic E-state index is 10.5. The summed E-state index contributed by atoms with van der Waals surface area (Å²) in [5.74, 6) is 0. The molecule has 0 saturated carbocycles. The van der Waals surface area contributed by atoms with Gasteiger partial charge >= 0.3 is 0 Å². The van der Waals surface area contributed by atoms with Gasteiger partial charge in [0, 0.05) is 10.9 Å². The summed E-state index contributed by atoms with van der Waals surface area (Å²) in [5, 5.41) is 0.981. The summed E-state index contributed by atoms with van der Waals surface area (Å²) in [5.41, 5.74) is 3.05. The number of carbonyl (C=O) groups excluding carboxylic acids is 1. The molecule has 1 aromatic carbocycles. The fourth-order valence-electron chi connectivity index (χ4n) is 1.23. The molecule has 2 heteroatoms. The number of hydrogen-bond donors (Lipinski definition) is 0. The molecule has 0 amide bonds. The van der Waals surface area contributed by atoms with Crippen LogP contribution in [0, 0.1) is 6.92 Å². The number of rotatable bonds is 4. The SMILES string of the molecule is Cc1cc(C=O)ccc1C=CCCBr. The minimum absolute atomic E-state index is 0.736. The first-order valence-corrected chi connectivity index (χ1v) is 5.68. The zero-order valence-electron chi connectivity index (χ0n) is 8.16. The van der Waals surface area contributed by atoms with E-state index in [9.17, 15) is 4.79 Å². The Labute approximate surface area is 93.0 Å². The highest BCUT2D eigenvalue weighted by atomic mass is 79.9. The van der Waals surface area contributed by atoms with Crippen LogP contribution in [0.25, 0.3) is 6.08 Å². The van der Waals surface area contributed by atoms with Gasteiger partial charge in [0.1, 0.15) is 6.29 Å². The van der Waals surface area contributed by atoms with Crippen LogP contribution < -0.4 is 0 Å². The molecule has 0 heterocycles. The molecule has 0 fully saturated rings. The van der Waals surface area contributed by atoms with Crippen LogP contribution in [0.3, 0.4) is 0 Å². The molecule has 0 aliphatic carbocycles. The lowest BCUT2D eigenvalue weighted by atomic mass is 10.1. The van der Waals surface area contributed by atoms with Gasteiger partial charge in [-0.05, 0) is 30.5 Å². The van der Waals surface area contributed by atoms with Crippen molar-refractivity contribution in [3.8, 4) is 0 Å². The van der Waals surface area contributed by atoms with Crippen LogP contribution in [-0.2, 0) is 0 Å². The number of halogens is 1. The van der Waals surface area contributed by atoms with Crippen molar-refractivity contribution in [2.75, 3.05) is 5.33 Å². The highest BCUT2D eigenvalue weighted by Crippen LogP contribution is 2.12. The zero-order valence-corrected chi connectivity index (χ0v) is 9.75. The molecule has 0 aromatic heterocycles. The Kier molecular flexibility index (Phi) is 4.60. The summed E-state index contributed by atoms with van der Waals surface area (Å²) in [6.07, 6.45) is 6.11. The molecule has 0 radical (unpaired) electrons. The average Bonchev–Trinajstić information content (AvgIpc) is 2.20. The molecule has 0 saturated heterocycles. The van der Waals surface area contributed by atoms with E-state index in [0.717, 1.165) is 29.2 Å². The van der Waals surface area contributed by atoms with E-state index in [-0.39, 0.29) is 0 Å². The van der Waals surface area contributed by atoms with Gasteiger partial charge in [-0.3, -0.25) is 4.79 Å². The van der Waals surface area contributed by atoms with Crippen molar-refractivity contribution >= 4 is 28.3 Å². The van der Waals surface area contributed by atoms with Gasteiger partial charge in [-0.2, -0.15) is 0 Å². The summed E-state index contributed by atoms with van der Waals surface area (Å²) in [7, 11) is 0. The number of alkyl halides is 1. The fraction of sp³-hybridized carbons (Fsp3) is 0.250. The van der Waals surface area contributed by atoms with Gasteiger partial charge in [0.2, 0.25) is 0 Å². The van der Waals surface area contributed by atoms with E-state index in [2.05, 4.69) is 28.1 Å². The molecule has 0 N–H and O–H groups in total. The maximum atomic E-state index is 10.5. The van der Waals surface area contributed by atoms with Crippen molar-refractivity contribution in [1.82, 2.24) is 0 Å². The van der Waals surface area contributed by atoms with Gasteiger partial charge in [0.15, 0.2) is 0 Å². The number of benzene rings is 1.